The van der Waals surface area contributed by atoms with Crippen molar-refractivity contribution in [3.05, 3.63) is 61.2 Å². The predicted molar refractivity (Wildman–Crippen MR) is 127 cm³/mol. The van der Waals surface area contributed by atoms with Gasteiger partial charge in [0, 0.05) is 13.6 Å². The van der Waals surface area contributed by atoms with Gasteiger partial charge >= 0.3 is 0 Å². The van der Waals surface area contributed by atoms with Crippen molar-refractivity contribution in [2.45, 2.75) is 30.6 Å². The fourth-order valence-corrected chi connectivity index (χ4v) is 4.33. The maximum Gasteiger partial charge on any atom is 0.264 e. The predicted octanol–water partition coefficient (Wildman–Crippen LogP) is 4.58. The summed E-state index contributed by atoms with van der Waals surface area (Å²) in [6.07, 6.45) is 6.40. The molecule has 0 spiro atoms. The summed E-state index contributed by atoms with van der Waals surface area (Å²) < 4.78 is 37.8. The van der Waals surface area contributed by atoms with Crippen LogP contribution in [-0.4, -0.2) is 54.2 Å². The van der Waals surface area contributed by atoms with Gasteiger partial charge in [-0.15, -0.1) is 6.58 Å². The SMILES string of the molecule is C=CCN(C)CCCCCCOc1ccc(N(C)S(=O)(=O)c2ccc(OC)cc2)cc1. The van der Waals surface area contributed by atoms with Crippen LogP contribution in [0.25, 0.3) is 0 Å². The van der Waals surface area contributed by atoms with Crippen molar-refractivity contribution in [3.63, 3.8) is 0 Å². The van der Waals surface area contributed by atoms with Crippen LogP contribution in [0.5, 0.6) is 11.5 Å². The van der Waals surface area contributed by atoms with Gasteiger partial charge in [-0.05, 0) is 75.0 Å². The van der Waals surface area contributed by atoms with E-state index in [9.17, 15) is 8.42 Å². The molecule has 31 heavy (non-hydrogen) atoms. The number of benzene rings is 2. The fraction of sp³-hybridized carbons (Fsp3) is 0.417. The first-order chi connectivity index (χ1) is 14.9. The first-order valence-electron chi connectivity index (χ1n) is 10.5. The van der Waals surface area contributed by atoms with Gasteiger partial charge in [0.15, 0.2) is 0 Å². The molecular formula is C24H34N2O4S. The Labute approximate surface area is 187 Å². The Bertz CT molecular complexity index is 896. The van der Waals surface area contributed by atoms with Crippen LogP contribution in [0.3, 0.4) is 0 Å². The van der Waals surface area contributed by atoms with Crippen LogP contribution in [-0.2, 0) is 10.0 Å². The average Bonchev–Trinajstić information content (AvgIpc) is 2.78. The van der Waals surface area contributed by atoms with Crippen LogP contribution >= 0.6 is 0 Å². The van der Waals surface area contributed by atoms with Crippen molar-refractivity contribution in [1.29, 1.82) is 0 Å². The number of hydrogen-bond acceptors (Lipinski definition) is 5. The molecule has 0 aromatic heterocycles. The van der Waals surface area contributed by atoms with E-state index in [0.717, 1.165) is 31.7 Å². The second kappa shape index (κ2) is 12.4. The number of ether oxygens (including phenoxy) is 2. The largest absolute Gasteiger partial charge is 0.497 e. The van der Waals surface area contributed by atoms with Gasteiger partial charge < -0.3 is 14.4 Å². The molecule has 6 nitrogen and oxygen atoms in total. The molecule has 170 valence electrons. The molecule has 2 aromatic rings. The Hall–Kier alpha value is -2.51. The summed E-state index contributed by atoms with van der Waals surface area (Å²) in [6.45, 7) is 6.42. The summed E-state index contributed by atoms with van der Waals surface area (Å²) in [7, 11) is 1.55. The minimum atomic E-state index is -3.64. The third kappa shape index (κ3) is 7.60. The van der Waals surface area contributed by atoms with E-state index in [1.54, 1.807) is 62.7 Å². The maximum atomic E-state index is 12.8. The van der Waals surface area contributed by atoms with Crippen LogP contribution in [0.4, 0.5) is 5.69 Å². The van der Waals surface area contributed by atoms with Crippen molar-refractivity contribution < 1.29 is 17.9 Å². The van der Waals surface area contributed by atoms with Gasteiger partial charge in [-0.25, -0.2) is 8.42 Å². The first-order valence-corrected chi connectivity index (χ1v) is 12.0. The zero-order valence-electron chi connectivity index (χ0n) is 18.8. The summed E-state index contributed by atoms with van der Waals surface area (Å²) in [5.74, 6) is 1.35. The molecule has 0 heterocycles. The molecule has 0 fully saturated rings. The van der Waals surface area contributed by atoms with Crippen molar-refractivity contribution in [2.24, 2.45) is 0 Å². The monoisotopic (exact) mass is 446 g/mol. The van der Waals surface area contributed by atoms with E-state index in [1.807, 2.05) is 6.08 Å². The summed E-state index contributed by atoms with van der Waals surface area (Å²) >= 11 is 0. The maximum absolute atomic E-state index is 12.8. The topological polar surface area (TPSA) is 59.1 Å². The molecule has 0 amide bonds. The zero-order chi connectivity index (χ0) is 22.7. The van der Waals surface area contributed by atoms with Crippen molar-refractivity contribution in [1.82, 2.24) is 4.90 Å². The smallest absolute Gasteiger partial charge is 0.264 e. The minimum absolute atomic E-state index is 0.215. The summed E-state index contributed by atoms with van der Waals surface area (Å²) in [4.78, 5) is 2.48. The van der Waals surface area contributed by atoms with Gasteiger partial charge in [0.05, 0.1) is 24.3 Å². The van der Waals surface area contributed by atoms with Gasteiger partial charge in [0.25, 0.3) is 10.0 Å². The molecule has 0 saturated heterocycles. The molecule has 2 aromatic carbocycles. The number of methoxy groups -OCH3 is 1. The number of anilines is 1. The molecule has 0 N–H and O–H groups in total. The zero-order valence-corrected chi connectivity index (χ0v) is 19.6. The Morgan fingerprint density at radius 2 is 1.52 bits per heavy atom. The minimum Gasteiger partial charge on any atom is -0.497 e. The fourth-order valence-electron chi connectivity index (χ4n) is 3.14. The molecule has 7 heteroatoms. The Morgan fingerprint density at radius 1 is 0.903 bits per heavy atom. The molecule has 0 radical (unpaired) electrons. The Balaban J connectivity index is 1.79. The highest BCUT2D eigenvalue weighted by molar-refractivity contribution is 7.92. The summed E-state index contributed by atoms with van der Waals surface area (Å²) in [6, 6.07) is 13.5. The molecule has 0 aliphatic rings. The lowest BCUT2D eigenvalue weighted by Gasteiger charge is -2.20. The van der Waals surface area contributed by atoms with Crippen molar-refractivity contribution in [2.75, 3.05) is 45.2 Å². The highest BCUT2D eigenvalue weighted by Gasteiger charge is 2.21. The summed E-state index contributed by atoms with van der Waals surface area (Å²) in [5.41, 5.74) is 0.576. The van der Waals surface area contributed by atoms with Gasteiger partial charge in [0.1, 0.15) is 11.5 Å². The number of sulfonamides is 1. The van der Waals surface area contributed by atoms with E-state index >= 15 is 0 Å². The van der Waals surface area contributed by atoms with E-state index in [4.69, 9.17) is 9.47 Å². The van der Waals surface area contributed by atoms with Crippen LogP contribution in [0.2, 0.25) is 0 Å². The lowest BCUT2D eigenvalue weighted by molar-refractivity contribution is 0.300. The van der Waals surface area contributed by atoms with Crippen molar-refractivity contribution >= 4 is 15.7 Å². The van der Waals surface area contributed by atoms with Gasteiger partial charge in [0.2, 0.25) is 0 Å². The van der Waals surface area contributed by atoms with Gasteiger partial charge in [-0.3, -0.25) is 4.31 Å². The van der Waals surface area contributed by atoms with Crippen molar-refractivity contribution in [3.8, 4) is 11.5 Å². The Morgan fingerprint density at radius 3 is 2.13 bits per heavy atom. The number of hydrogen-bond donors (Lipinski definition) is 0. The van der Waals surface area contributed by atoms with Crippen LogP contribution < -0.4 is 13.8 Å². The number of unbranched alkanes of at least 4 members (excludes halogenated alkanes) is 3. The number of likely N-dealkylation sites (N-methyl/N-ethyl adjacent to an activating group) is 1. The first kappa shape index (κ1) is 24.8. The molecule has 0 atom stereocenters. The van der Waals surface area contributed by atoms with E-state index in [1.165, 1.54) is 17.1 Å². The van der Waals surface area contributed by atoms with Crippen LogP contribution in [0, 0.1) is 0 Å². The lowest BCUT2D eigenvalue weighted by atomic mass is 10.2. The van der Waals surface area contributed by atoms with E-state index < -0.39 is 10.0 Å². The lowest BCUT2D eigenvalue weighted by Crippen LogP contribution is -2.26. The quantitative estimate of drug-likeness (QED) is 0.314. The molecule has 0 aliphatic carbocycles. The van der Waals surface area contributed by atoms with E-state index in [2.05, 4.69) is 18.5 Å². The molecule has 0 bridgehead atoms. The van der Waals surface area contributed by atoms with E-state index in [0.29, 0.717) is 18.0 Å². The molecule has 0 unspecified atom stereocenters. The standard InChI is InChI=1S/C24H34N2O4S/c1-5-18-25(2)19-8-6-7-9-20-30-23-12-10-21(11-13-23)26(3)31(27,28)24-16-14-22(29-4)15-17-24/h5,10-17H,1,6-9,18-20H2,2-4H3. The number of rotatable bonds is 14. The molecule has 2 rings (SSSR count). The molecule has 0 aliphatic heterocycles. The second-order valence-corrected chi connectivity index (χ2v) is 9.42. The average molecular weight is 447 g/mol. The van der Waals surface area contributed by atoms with Gasteiger partial charge in [-0.2, -0.15) is 0 Å². The highest BCUT2D eigenvalue weighted by atomic mass is 32.2. The molecule has 0 saturated carbocycles. The second-order valence-electron chi connectivity index (χ2n) is 7.46. The summed E-state index contributed by atoms with van der Waals surface area (Å²) in [5, 5.41) is 0. The highest BCUT2D eigenvalue weighted by Crippen LogP contribution is 2.25. The number of nitrogens with zero attached hydrogens (tertiary/aromatic N) is 2. The third-order valence-corrected chi connectivity index (χ3v) is 6.86. The van der Waals surface area contributed by atoms with Crippen LogP contribution in [0.1, 0.15) is 25.7 Å². The van der Waals surface area contributed by atoms with Crippen LogP contribution in [0.15, 0.2) is 66.1 Å². The third-order valence-electron chi connectivity index (χ3n) is 5.06. The normalized spacial score (nSPS) is 11.4. The van der Waals surface area contributed by atoms with Gasteiger partial charge in [-0.1, -0.05) is 18.9 Å². The van der Waals surface area contributed by atoms with E-state index in [-0.39, 0.29) is 4.90 Å². The Kier molecular flexibility index (Phi) is 9.88. The molecular weight excluding hydrogens is 412 g/mol.